The van der Waals surface area contributed by atoms with Crippen molar-refractivity contribution in [1.82, 2.24) is 4.57 Å². The molecule has 1 rings (SSSR count). The summed E-state index contributed by atoms with van der Waals surface area (Å²) in [6.07, 6.45) is 0. The van der Waals surface area contributed by atoms with Crippen LogP contribution in [-0.4, -0.2) is 11.5 Å². The van der Waals surface area contributed by atoms with Gasteiger partial charge in [0.1, 0.15) is 0 Å². The van der Waals surface area contributed by atoms with Crippen LogP contribution in [0.25, 0.3) is 0 Å². The third-order valence-corrected chi connectivity index (χ3v) is 2.09. The average molecular weight is 255 g/mol. The van der Waals surface area contributed by atoms with Gasteiger partial charge in [-0.1, -0.05) is 6.07 Å². The molecular weight excluding hydrogens is 245 g/mol. The second kappa shape index (κ2) is 6.21. The van der Waals surface area contributed by atoms with Crippen molar-refractivity contribution < 1.29 is 64.3 Å². The number of allylic oxidation sites excluding steroid dienone is 1. The molecule has 0 radical (unpaired) electrons. The van der Waals surface area contributed by atoms with Crippen LogP contribution in [0.1, 0.15) is 5.69 Å². The van der Waals surface area contributed by atoms with Gasteiger partial charge < -0.3 is 17.5 Å². The minimum Gasteiger partial charge on any atom is -0.445 e. The molecule has 16 heavy (non-hydrogen) atoms. The number of hydrogen-bond donors (Lipinski definition) is 0. The zero-order chi connectivity index (χ0) is 11.6. The Labute approximate surface area is 134 Å². The molecule has 0 amide bonds. The monoisotopic (exact) mass is 255 g/mol. The fourth-order valence-corrected chi connectivity index (χ4v) is 1.13. The van der Waals surface area contributed by atoms with Gasteiger partial charge in [0.2, 0.25) is 0 Å². The van der Waals surface area contributed by atoms with Crippen LogP contribution in [0.5, 0.6) is 0 Å². The first-order chi connectivity index (χ1) is 6.82. The van der Waals surface area contributed by atoms with Gasteiger partial charge in [0.15, 0.2) is 0 Å². The van der Waals surface area contributed by atoms with Gasteiger partial charge >= 0.3 is 58.4 Å². The molecule has 0 aliphatic heterocycles. The number of aryl methyl sites for hydroxylation is 1. The Morgan fingerprint density at radius 3 is 2.44 bits per heavy atom. The summed E-state index contributed by atoms with van der Waals surface area (Å²) in [5.74, 6) is 0. The van der Waals surface area contributed by atoms with Crippen LogP contribution in [0.4, 0.5) is 12.9 Å². The van der Waals surface area contributed by atoms with E-state index in [-0.39, 0.29) is 51.4 Å². The molecule has 0 aliphatic rings. The Morgan fingerprint density at radius 1 is 1.44 bits per heavy atom. The maximum atomic E-state index is 12.2. The number of rotatable bonds is 3. The predicted molar refractivity (Wildman–Crippen MR) is 53.7 cm³/mol. The van der Waals surface area contributed by atoms with Crippen molar-refractivity contribution in [3.05, 3.63) is 46.3 Å². The maximum Gasteiger partial charge on any atom is 1.00 e. The zero-order valence-electron chi connectivity index (χ0n) is 9.21. The van der Waals surface area contributed by atoms with Crippen molar-refractivity contribution >= 4 is 6.98 Å². The van der Waals surface area contributed by atoms with Gasteiger partial charge in [-0.15, -0.1) is 12.1 Å². The Kier molecular flexibility index (Phi) is 6.28. The molecule has 0 N–H and O–H groups in total. The fraction of sp³-hybridized carbons (Fsp3) is 0.222. The van der Waals surface area contributed by atoms with E-state index in [2.05, 4.69) is 6.58 Å². The quantitative estimate of drug-likeness (QED) is 0.642. The molecule has 0 spiro atoms. The van der Waals surface area contributed by atoms with Crippen LogP contribution in [0.3, 0.4) is 0 Å². The SMILES string of the molecule is C=C(Cn1c(C)cccc1=O)[B-](F)(F)F.[K+]. The number of halogens is 3. The third-order valence-electron chi connectivity index (χ3n) is 2.09. The Balaban J connectivity index is 0.00000225. The van der Waals surface area contributed by atoms with Crippen molar-refractivity contribution in [2.75, 3.05) is 0 Å². The van der Waals surface area contributed by atoms with E-state index >= 15 is 0 Å². The van der Waals surface area contributed by atoms with Crippen LogP contribution in [-0.2, 0) is 6.54 Å². The molecule has 1 aromatic rings. The van der Waals surface area contributed by atoms with Gasteiger partial charge in [0, 0.05) is 18.3 Å². The molecule has 2 nitrogen and oxygen atoms in total. The Hall–Kier alpha value is 0.181. The minimum absolute atomic E-state index is 0. The van der Waals surface area contributed by atoms with E-state index < -0.39 is 24.6 Å². The van der Waals surface area contributed by atoms with Crippen LogP contribution in [0.2, 0.25) is 0 Å². The van der Waals surface area contributed by atoms with Gasteiger partial charge in [0.25, 0.3) is 5.56 Å². The molecule has 0 saturated heterocycles. The average Bonchev–Trinajstić information content (AvgIpc) is 2.09. The van der Waals surface area contributed by atoms with Gasteiger partial charge in [-0.3, -0.25) is 4.79 Å². The van der Waals surface area contributed by atoms with Crippen molar-refractivity contribution in [2.24, 2.45) is 0 Å². The fourth-order valence-electron chi connectivity index (χ4n) is 1.13. The molecule has 0 aliphatic carbocycles. The van der Waals surface area contributed by atoms with Gasteiger partial charge in [-0.2, -0.15) is 0 Å². The predicted octanol–water partition coefficient (Wildman–Crippen LogP) is -0.896. The normalized spacial score (nSPS) is 10.8. The van der Waals surface area contributed by atoms with Gasteiger partial charge in [-0.25, -0.2) is 0 Å². The summed E-state index contributed by atoms with van der Waals surface area (Å²) >= 11 is 0. The molecule has 0 aromatic carbocycles. The molecule has 0 unspecified atom stereocenters. The number of pyridine rings is 1. The molecule has 0 fully saturated rings. The van der Waals surface area contributed by atoms with Crippen molar-refractivity contribution in [2.45, 2.75) is 13.5 Å². The number of aromatic nitrogens is 1. The van der Waals surface area contributed by atoms with E-state index in [1.165, 1.54) is 12.1 Å². The Morgan fingerprint density at radius 2 is 2.00 bits per heavy atom. The van der Waals surface area contributed by atoms with Crippen molar-refractivity contribution in [3.63, 3.8) is 0 Å². The first-order valence-corrected chi connectivity index (χ1v) is 4.36. The molecule has 0 saturated carbocycles. The van der Waals surface area contributed by atoms with E-state index in [9.17, 15) is 17.7 Å². The smallest absolute Gasteiger partial charge is 0.445 e. The summed E-state index contributed by atoms with van der Waals surface area (Å²) in [4.78, 5) is 11.3. The van der Waals surface area contributed by atoms with E-state index in [1.807, 2.05) is 0 Å². The topological polar surface area (TPSA) is 22.0 Å². The molecule has 0 bridgehead atoms. The van der Waals surface area contributed by atoms with Crippen molar-refractivity contribution in [1.29, 1.82) is 0 Å². The largest absolute Gasteiger partial charge is 1.00 e. The number of hydrogen-bond acceptors (Lipinski definition) is 1. The van der Waals surface area contributed by atoms with Crippen LogP contribution < -0.4 is 56.9 Å². The summed E-state index contributed by atoms with van der Waals surface area (Å²) in [5.41, 5.74) is -0.827. The first-order valence-electron chi connectivity index (χ1n) is 4.36. The van der Waals surface area contributed by atoms with E-state index in [4.69, 9.17) is 0 Å². The van der Waals surface area contributed by atoms with Gasteiger partial charge in [0.05, 0.1) is 0 Å². The summed E-state index contributed by atoms with van der Waals surface area (Å²) in [6, 6.07) is 4.32. The van der Waals surface area contributed by atoms with E-state index in [0.29, 0.717) is 5.69 Å². The standard InChI is InChI=1S/C9H10BF3NO.K/c1-7(10(11,12)13)6-14-8(2)4-3-5-9(14)15;/h3-5H,1,6H2,2H3;/q-1;+1. The maximum absolute atomic E-state index is 12.2. The molecule has 0 atom stereocenters. The minimum atomic E-state index is -5.08. The van der Waals surface area contributed by atoms with Crippen LogP contribution in [0, 0.1) is 6.92 Å². The van der Waals surface area contributed by atoms with Gasteiger partial charge in [-0.05, 0) is 13.0 Å². The summed E-state index contributed by atoms with van der Waals surface area (Å²) in [5, 5.41) is 0. The second-order valence-electron chi connectivity index (χ2n) is 3.32. The molecule has 1 heterocycles. The van der Waals surface area contributed by atoms with Crippen LogP contribution in [0.15, 0.2) is 35.0 Å². The Bertz CT molecular complexity index is 441. The summed E-state index contributed by atoms with van der Waals surface area (Å²) in [6.45, 7) is -1.04. The molecular formula is C9H10BF3KNO. The zero-order valence-corrected chi connectivity index (χ0v) is 12.3. The second-order valence-corrected chi connectivity index (χ2v) is 3.32. The van der Waals surface area contributed by atoms with Crippen molar-refractivity contribution in [3.8, 4) is 0 Å². The first kappa shape index (κ1) is 16.2. The third kappa shape index (κ3) is 4.21. The summed E-state index contributed by atoms with van der Waals surface area (Å²) < 4.78 is 37.8. The number of nitrogens with zero attached hydrogens (tertiary/aromatic N) is 1. The molecule has 7 heteroatoms. The molecule has 1 aromatic heterocycles. The summed E-state index contributed by atoms with van der Waals surface area (Å²) in [7, 11) is 0. The molecule has 82 valence electrons. The van der Waals surface area contributed by atoms with E-state index in [1.54, 1.807) is 13.0 Å². The van der Waals surface area contributed by atoms with Crippen LogP contribution >= 0.6 is 0 Å². The van der Waals surface area contributed by atoms with E-state index in [0.717, 1.165) is 4.57 Å².